The Labute approximate surface area is 162 Å². The SMILES string of the molecule is CCC(=O)c1ccc(OC(=O)c2cc3cc(Br)cc(OC)c3oc2=O)cc1. The molecule has 0 amide bonds. The topological polar surface area (TPSA) is 82.8 Å². The Balaban J connectivity index is 1.92. The smallest absolute Gasteiger partial charge is 0.351 e. The molecule has 0 aliphatic rings. The van der Waals surface area contributed by atoms with E-state index in [1.54, 1.807) is 31.2 Å². The highest BCUT2D eigenvalue weighted by Crippen LogP contribution is 2.29. The summed E-state index contributed by atoms with van der Waals surface area (Å²) < 4.78 is 16.4. The second kappa shape index (κ2) is 7.75. The molecule has 1 aromatic heterocycles. The van der Waals surface area contributed by atoms with Crippen molar-refractivity contribution in [1.29, 1.82) is 0 Å². The molecule has 0 spiro atoms. The quantitative estimate of drug-likeness (QED) is 0.258. The van der Waals surface area contributed by atoms with Gasteiger partial charge in [0, 0.05) is 21.8 Å². The molecule has 6 nitrogen and oxygen atoms in total. The van der Waals surface area contributed by atoms with Gasteiger partial charge in [-0.2, -0.15) is 0 Å². The van der Waals surface area contributed by atoms with Crippen LogP contribution >= 0.6 is 15.9 Å². The number of hydrogen-bond donors (Lipinski definition) is 0. The van der Waals surface area contributed by atoms with Gasteiger partial charge < -0.3 is 13.9 Å². The minimum Gasteiger partial charge on any atom is -0.493 e. The van der Waals surface area contributed by atoms with Crippen LogP contribution in [0.4, 0.5) is 0 Å². The number of methoxy groups -OCH3 is 1. The van der Waals surface area contributed by atoms with Crippen molar-refractivity contribution < 1.29 is 23.5 Å². The molecule has 2 aromatic carbocycles. The van der Waals surface area contributed by atoms with Gasteiger partial charge in [-0.1, -0.05) is 22.9 Å². The van der Waals surface area contributed by atoms with E-state index in [9.17, 15) is 14.4 Å². The lowest BCUT2D eigenvalue weighted by Crippen LogP contribution is -2.18. The van der Waals surface area contributed by atoms with E-state index in [1.807, 2.05) is 0 Å². The lowest BCUT2D eigenvalue weighted by Gasteiger charge is -2.07. The van der Waals surface area contributed by atoms with Crippen molar-refractivity contribution in [1.82, 2.24) is 0 Å². The van der Waals surface area contributed by atoms with Gasteiger partial charge in [0.1, 0.15) is 11.3 Å². The highest BCUT2D eigenvalue weighted by atomic mass is 79.9. The molecule has 0 aliphatic heterocycles. The summed E-state index contributed by atoms with van der Waals surface area (Å²) in [7, 11) is 1.45. The molecule has 1 heterocycles. The zero-order valence-corrected chi connectivity index (χ0v) is 16.2. The molecule has 7 heteroatoms. The number of Topliss-reactive ketones (excluding diaryl/α,β-unsaturated/α-hetero) is 1. The van der Waals surface area contributed by atoms with Gasteiger partial charge in [-0.05, 0) is 42.5 Å². The fourth-order valence-corrected chi connectivity index (χ4v) is 2.99. The average Bonchev–Trinajstić information content (AvgIpc) is 2.67. The van der Waals surface area contributed by atoms with E-state index in [4.69, 9.17) is 13.9 Å². The number of benzene rings is 2. The third-order valence-electron chi connectivity index (χ3n) is 3.91. The van der Waals surface area contributed by atoms with Gasteiger partial charge in [0.25, 0.3) is 0 Å². The maximum Gasteiger partial charge on any atom is 0.351 e. The Hall–Kier alpha value is -2.93. The van der Waals surface area contributed by atoms with E-state index < -0.39 is 11.6 Å². The first-order chi connectivity index (χ1) is 12.9. The molecule has 0 fully saturated rings. The number of ketones is 1. The molecule has 3 rings (SSSR count). The van der Waals surface area contributed by atoms with Crippen LogP contribution in [-0.4, -0.2) is 18.9 Å². The van der Waals surface area contributed by atoms with Gasteiger partial charge in [-0.3, -0.25) is 4.79 Å². The van der Waals surface area contributed by atoms with E-state index in [2.05, 4.69) is 15.9 Å². The van der Waals surface area contributed by atoms with Gasteiger partial charge in [-0.15, -0.1) is 0 Å². The molecule has 0 radical (unpaired) electrons. The maximum absolute atomic E-state index is 12.4. The van der Waals surface area contributed by atoms with Crippen molar-refractivity contribution >= 4 is 38.7 Å². The molecule has 0 saturated carbocycles. The molecule has 0 atom stereocenters. The van der Waals surface area contributed by atoms with Gasteiger partial charge in [0.05, 0.1) is 7.11 Å². The molecule has 138 valence electrons. The molecule has 0 saturated heterocycles. The second-order valence-electron chi connectivity index (χ2n) is 5.66. The summed E-state index contributed by atoms with van der Waals surface area (Å²) in [6.45, 7) is 1.77. The van der Waals surface area contributed by atoms with E-state index >= 15 is 0 Å². The van der Waals surface area contributed by atoms with E-state index in [0.29, 0.717) is 27.6 Å². The van der Waals surface area contributed by atoms with Crippen LogP contribution in [0.25, 0.3) is 11.0 Å². The molecular formula is C20H15BrO6. The number of fused-ring (bicyclic) bond motifs is 1. The third-order valence-corrected chi connectivity index (χ3v) is 4.37. The van der Waals surface area contributed by atoms with Gasteiger partial charge in [0.15, 0.2) is 17.1 Å². The van der Waals surface area contributed by atoms with Gasteiger partial charge in [0.2, 0.25) is 0 Å². The minimum atomic E-state index is -0.848. The molecule has 0 bridgehead atoms. The predicted molar refractivity (Wildman–Crippen MR) is 103 cm³/mol. The highest BCUT2D eigenvalue weighted by molar-refractivity contribution is 9.10. The van der Waals surface area contributed by atoms with Crippen molar-refractivity contribution in [3.63, 3.8) is 0 Å². The highest BCUT2D eigenvalue weighted by Gasteiger charge is 2.18. The van der Waals surface area contributed by atoms with E-state index in [0.717, 1.165) is 0 Å². The summed E-state index contributed by atoms with van der Waals surface area (Å²) in [6, 6.07) is 10.9. The first-order valence-electron chi connectivity index (χ1n) is 8.09. The Bertz CT molecular complexity index is 1080. The summed E-state index contributed by atoms with van der Waals surface area (Å²) >= 11 is 3.34. The molecule has 3 aromatic rings. The van der Waals surface area contributed by atoms with Crippen molar-refractivity contribution in [2.45, 2.75) is 13.3 Å². The molecule has 0 aliphatic carbocycles. The Morgan fingerprint density at radius 3 is 2.44 bits per heavy atom. The lowest BCUT2D eigenvalue weighted by molar-refractivity contribution is 0.0730. The summed E-state index contributed by atoms with van der Waals surface area (Å²) in [5.41, 5.74) is -0.300. The second-order valence-corrected chi connectivity index (χ2v) is 6.58. The molecule has 0 unspecified atom stereocenters. The fourth-order valence-electron chi connectivity index (χ4n) is 2.54. The summed E-state index contributed by atoms with van der Waals surface area (Å²) in [5.74, 6) is -0.270. The summed E-state index contributed by atoms with van der Waals surface area (Å²) in [6.07, 6.45) is 0.385. The average molecular weight is 431 g/mol. The maximum atomic E-state index is 12.4. The monoisotopic (exact) mass is 430 g/mol. The summed E-state index contributed by atoms with van der Waals surface area (Å²) in [4.78, 5) is 36.3. The van der Waals surface area contributed by atoms with Crippen LogP contribution in [0.2, 0.25) is 0 Å². The lowest BCUT2D eigenvalue weighted by atomic mass is 10.1. The minimum absolute atomic E-state index is 0.0115. The predicted octanol–water partition coefficient (Wildman–Crippen LogP) is 4.38. The van der Waals surface area contributed by atoms with Gasteiger partial charge >= 0.3 is 11.6 Å². The first kappa shape index (κ1) is 18.8. The number of halogens is 1. The van der Waals surface area contributed by atoms with Crippen LogP contribution in [0.3, 0.4) is 0 Å². The molecule has 27 heavy (non-hydrogen) atoms. The fraction of sp³-hybridized carbons (Fsp3) is 0.150. The third kappa shape index (κ3) is 3.93. The largest absolute Gasteiger partial charge is 0.493 e. The Morgan fingerprint density at radius 1 is 1.11 bits per heavy atom. The number of esters is 1. The van der Waals surface area contributed by atoms with Crippen LogP contribution in [0.1, 0.15) is 34.1 Å². The zero-order chi connectivity index (χ0) is 19.6. The zero-order valence-electron chi connectivity index (χ0n) is 14.6. The number of ether oxygens (including phenoxy) is 2. The van der Waals surface area contributed by atoms with Crippen LogP contribution in [-0.2, 0) is 0 Å². The Morgan fingerprint density at radius 2 is 1.81 bits per heavy atom. The van der Waals surface area contributed by atoms with Crippen molar-refractivity contribution in [3.8, 4) is 11.5 Å². The molecule has 0 N–H and O–H groups in total. The van der Waals surface area contributed by atoms with E-state index in [1.165, 1.54) is 25.3 Å². The Kier molecular flexibility index (Phi) is 5.41. The van der Waals surface area contributed by atoms with Crippen molar-refractivity contribution in [2.75, 3.05) is 7.11 Å². The number of carbonyl (C=O) groups excluding carboxylic acids is 2. The standard InChI is InChI=1S/C20H15BrO6/c1-3-16(22)11-4-6-14(7-5-11)26-19(23)15-9-12-8-13(21)10-17(25-2)18(12)27-20(15)24/h4-10H,3H2,1-2H3. The van der Waals surface area contributed by atoms with Crippen LogP contribution in [0.15, 0.2) is 56.1 Å². The van der Waals surface area contributed by atoms with Gasteiger partial charge in [-0.25, -0.2) is 9.59 Å². The van der Waals surface area contributed by atoms with Crippen LogP contribution in [0, 0.1) is 0 Å². The number of hydrogen-bond acceptors (Lipinski definition) is 6. The molecular weight excluding hydrogens is 416 g/mol. The number of carbonyl (C=O) groups is 2. The van der Waals surface area contributed by atoms with Crippen LogP contribution in [0.5, 0.6) is 11.5 Å². The summed E-state index contributed by atoms with van der Waals surface area (Å²) in [5, 5.41) is 0.511. The number of rotatable bonds is 5. The first-order valence-corrected chi connectivity index (χ1v) is 8.89. The van der Waals surface area contributed by atoms with Crippen molar-refractivity contribution in [2.24, 2.45) is 0 Å². The van der Waals surface area contributed by atoms with Crippen LogP contribution < -0.4 is 15.1 Å². The van der Waals surface area contributed by atoms with E-state index in [-0.39, 0.29) is 22.7 Å². The normalized spacial score (nSPS) is 10.6. The van der Waals surface area contributed by atoms with Crippen molar-refractivity contribution in [3.05, 3.63) is 68.5 Å².